The molecule has 0 spiro atoms. The summed E-state index contributed by atoms with van der Waals surface area (Å²) in [6.07, 6.45) is 2.61. The van der Waals surface area contributed by atoms with Gasteiger partial charge < -0.3 is 10.6 Å². The van der Waals surface area contributed by atoms with Crippen LogP contribution in [0.1, 0.15) is 32.6 Å². The van der Waals surface area contributed by atoms with Crippen molar-refractivity contribution in [2.45, 2.75) is 32.6 Å². The lowest BCUT2D eigenvalue weighted by Crippen LogP contribution is -2.32. The maximum Gasteiger partial charge on any atom is 0.244 e. The Morgan fingerprint density at radius 2 is 1.95 bits per heavy atom. The van der Waals surface area contributed by atoms with Gasteiger partial charge >= 0.3 is 0 Å². The molecule has 1 saturated carbocycles. The number of nitriles is 1. The van der Waals surface area contributed by atoms with Gasteiger partial charge in [0.1, 0.15) is 11.2 Å². The number of benzene rings is 1. The highest BCUT2D eigenvalue weighted by atomic mass is 19.1. The van der Waals surface area contributed by atoms with Gasteiger partial charge in [-0.05, 0) is 31.0 Å². The Morgan fingerprint density at radius 3 is 2.52 bits per heavy atom. The molecule has 6 heteroatoms. The molecule has 5 nitrogen and oxygen atoms in total. The fraction of sp³-hybridized carbons (Fsp3) is 0.400. The number of carbonyl (C=O) groups excluding carboxylic acids is 2. The van der Waals surface area contributed by atoms with Gasteiger partial charge in [0.2, 0.25) is 11.8 Å². The van der Waals surface area contributed by atoms with E-state index < -0.39 is 17.1 Å². The highest BCUT2D eigenvalue weighted by Gasteiger charge is 2.41. The minimum atomic E-state index is -1.07. The average Bonchev–Trinajstić information content (AvgIpc) is 2.92. The summed E-state index contributed by atoms with van der Waals surface area (Å²) in [5.41, 5.74) is -0.722. The Bertz CT molecular complexity index is 616. The zero-order valence-electron chi connectivity index (χ0n) is 11.7. The number of rotatable bonds is 3. The predicted molar refractivity (Wildman–Crippen MR) is 75.8 cm³/mol. The van der Waals surface area contributed by atoms with Crippen LogP contribution in [0.25, 0.3) is 0 Å². The lowest BCUT2D eigenvalue weighted by atomic mass is 9.87. The number of anilines is 2. The third-order valence-corrected chi connectivity index (χ3v) is 3.64. The van der Waals surface area contributed by atoms with Gasteiger partial charge in [0.15, 0.2) is 0 Å². The van der Waals surface area contributed by atoms with Crippen molar-refractivity contribution in [3.63, 3.8) is 0 Å². The Balaban J connectivity index is 2.20. The summed E-state index contributed by atoms with van der Waals surface area (Å²) in [7, 11) is 0. The van der Waals surface area contributed by atoms with Gasteiger partial charge in [-0.25, -0.2) is 4.39 Å². The second-order valence-corrected chi connectivity index (χ2v) is 5.23. The van der Waals surface area contributed by atoms with E-state index in [1.807, 2.05) is 0 Å². The molecule has 2 N–H and O–H groups in total. The number of nitrogens with zero attached hydrogens (tertiary/aromatic N) is 1. The monoisotopic (exact) mass is 289 g/mol. The zero-order valence-corrected chi connectivity index (χ0v) is 11.7. The van der Waals surface area contributed by atoms with Crippen LogP contribution in [0.4, 0.5) is 15.8 Å². The number of hydrogen-bond acceptors (Lipinski definition) is 3. The molecule has 0 radical (unpaired) electrons. The summed E-state index contributed by atoms with van der Waals surface area (Å²) in [6.45, 7) is 1.34. The van der Waals surface area contributed by atoms with Crippen LogP contribution in [0, 0.1) is 22.6 Å². The summed E-state index contributed by atoms with van der Waals surface area (Å²) in [4.78, 5) is 23.3. The fourth-order valence-electron chi connectivity index (χ4n) is 2.51. The Labute approximate surface area is 122 Å². The second-order valence-electron chi connectivity index (χ2n) is 5.23. The number of carbonyl (C=O) groups is 2. The van der Waals surface area contributed by atoms with Crippen molar-refractivity contribution in [1.82, 2.24) is 0 Å². The molecule has 1 aliphatic rings. The van der Waals surface area contributed by atoms with E-state index in [0.717, 1.165) is 18.9 Å². The van der Waals surface area contributed by atoms with E-state index in [4.69, 9.17) is 0 Å². The van der Waals surface area contributed by atoms with E-state index in [9.17, 15) is 19.2 Å². The minimum Gasteiger partial charge on any atom is -0.326 e. The molecular weight excluding hydrogens is 273 g/mol. The SMILES string of the molecule is CC(=O)Nc1ccc(F)c(NC(=O)C2(C#N)CCCC2)c1. The van der Waals surface area contributed by atoms with Gasteiger partial charge in [0.05, 0.1) is 11.8 Å². The molecule has 0 aromatic heterocycles. The number of hydrogen-bond donors (Lipinski definition) is 2. The number of halogens is 1. The first-order valence-corrected chi connectivity index (χ1v) is 6.77. The van der Waals surface area contributed by atoms with Crippen LogP contribution in [0.3, 0.4) is 0 Å². The summed E-state index contributed by atoms with van der Waals surface area (Å²) >= 11 is 0. The molecule has 0 aliphatic heterocycles. The van der Waals surface area contributed by atoms with Gasteiger partial charge in [-0.2, -0.15) is 5.26 Å². The topological polar surface area (TPSA) is 82.0 Å². The smallest absolute Gasteiger partial charge is 0.244 e. The molecule has 2 rings (SSSR count). The van der Waals surface area contributed by atoms with Crippen LogP contribution in [0.2, 0.25) is 0 Å². The van der Waals surface area contributed by atoms with Crippen molar-refractivity contribution >= 4 is 23.2 Å². The molecule has 0 bridgehead atoms. The Kier molecular flexibility index (Phi) is 4.22. The third kappa shape index (κ3) is 3.19. The maximum absolute atomic E-state index is 13.8. The van der Waals surface area contributed by atoms with Gasteiger partial charge in [0, 0.05) is 12.6 Å². The molecule has 1 aromatic carbocycles. The van der Waals surface area contributed by atoms with Gasteiger partial charge in [-0.15, -0.1) is 0 Å². The van der Waals surface area contributed by atoms with Crippen molar-refractivity contribution in [1.29, 1.82) is 5.26 Å². The highest BCUT2D eigenvalue weighted by molar-refractivity contribution is 5.98. The van der Waals surface area contributed by atoms with Crippen LogP contribution in [0.15, 0.2) is 18.2 Å². The molecule has 21 heavy (non-hydrogen) atoms. The lowest BCUT2D eigenvalue weighted by molar-refractivity contribution is -0.122. The molecule has 2 amide bonds. The zero-order chi connectivity index (χ0) is 15.5. The summed E-state index contributed by atoms with van der Waals surface area (Å²) < 4.78 is 13.8. The van der Waals surface area contributed by atoms with Crippen molar-refractivity contribution in [3.8, 4) is 6.07 Å². The normalized spacial score (nSPS) is 16.0. The molecule has 0 unspecified atom stereocenters. The molecule has 1 aromatic rings. The largest absolute Gasteiger partial charge is 0.326 e. The van der Waals surface area contributed by atoms with E-state index in [0.29, 0.717) is 18.5 Å². The van der Waals surface area contributed by atoms with Crippen molar-refractivity contribution in [3.05, 3.63) is 24.0 Å². The summed E-state index contributed by atoms with van der Waals surface area (Å²) in [5, 5.41) is 14.2. The molecule has 1 aliphatic carbocycles. The van der Waals surface area contributed by atoms with Crippen LogP contribution in [0.5, 0.6) is 0 Å². The first-order chi connectivity index (χ1) is 9.97. The van der Waals surface area contributed by atoms with Crippen molar-refractivity contribution < 1.29 is 14.0 Å². The maximum atomic E-state index is 13.8. The van der Waals surface area contributed by atoms with Gasteiger partial charge in [-0.3, -0.25) is 9.59 Å². The van der Waals surface area contributed by atoms with Crippen LogP contribution < -0.4 is 10.6 Å². The first-order valence-electron chi connectivity index (χ1n) is 6.77. The van der Waals surface area contributed by atoms with Gasteiger partial charge in [0.25, 0.3) is 0 Å². The number of amides is 2. The average molecular weight is 289 g/mol. The molecular formula is C15H16FN3O2. The molecule has 0 saturated heterocycles. The standard InChI is InChI=1S/C15H16FN3O2/c1-10(20)18-11-4-5-12(16)13(8-11)19-14(21)15(9-17)6-2-3-7-15/h4-5,8H,2-3,6-7H2,1H3,(H,18,20)(H,19,21). The Hall–Kier alpha value is -2.42. The van der Waals surface area contributed by atoms with Crippen molar-refractivity contribution in [2.75, 3.05) is 10.6 Å². The predicted octanol–water partition coefficient (Wildman–Crippen LogP) is 2.81. The molecule has 0 atom stereocenters. The van der Waals surface area contributed by atoms with Crippen molar-refractivity contribution in [2.24, 2.45) is 5.41 Å². The molecule has 1 fully saturated rings. The second kappa shape index (κ2) is 5.92. The number of nitrogens with one attached hydrogen (secondary N) is 2. The first kappa shape index (κ1) is 15.0. The fourth-order valence-corrected chi connectivity index (χ4v) is 2.51. The molecule has 0 heterocycles. The quantitative estimate of drug-likeness (QED) is 0.897. The Morgan fingerprint density at radius 1 is 1.29 bits per heavy atom. The third-order valence-electron chi connectivity index (χ3n) is 3.64. The molecule has 110 valence electrons. The van der Waals surface area contributed by atoms with E-state index in [1.54, 1.807) is 0 Å². The van der Waals surface area contributed by atoms with E-state index in [2.05, 4.69) is 16.7 Å². The summed E-state index contributed by atoms with van der Waals surface area (Å²) in [6, 6.07) is 5.97. The lowest BCUT2D eigenvalue weighted by Gasteiger charge is -2.19. The summed E-state index contributed by atoms with van der Waals surface area (Å²) in [5.74, 6) is -1.38. The van der Waals surface area contributed by atoms with E-state index in [-0.39, 0.29) is 11.6 Å². The van der Waals surface area contributed by atoms with Crippen LogP contribution in [-0.4, -0.2) is 11.8 Å². The van der Waals surface area contributed by atoms with E-state index in [1.165, 1.54) is 19.1 Å². The van der Waals surface area contributed by atoms with Crippen LogP contribution >= 0.6 is 0 Å². The minimum absolute atomic E-state index is 0.0345. The van der Waals surface area contributed by atoms with Gasteiger partial charge in [-0.1, -0.05) is 12.8 Å². The van der Waals surface area contributed by atoms with Crippen LogP contribution in [-0.2, 0) is 9.59 Å². The highest BCUT2D eigenvalue weighted by Crippen LogP contribution is 2.38. The van der Waals surface area contributed by atoms with E-state index >= 15 is 0 Å².